The molecule has 0 spiro atoms. The van der Waals surface area contributed by atoms with E-state index in [0.717, 1.165) is 4.48 Å². The molecule has 3 heteroatoms. The zero-order valence-electron chi connectivity index (χ0n) is 12.3. The average molecular weight is 230 g/mol. The van der Waals surface area contributed by atoms with E-state index in [4.69, 9.17) is 0 Å². The van der Waals surface area contributed by atoms with Crippen LogP contribution in [0.1, 0.15) is 27.7 Å². The van der Waals surface area contributed by atoms with Crippen molar-refractivity contribution in [3.8, 4) is 0 Å². The van der Waals surface area contributed by atoms with Crippen molar-refractivity contribution in [2.45, 2.75) is 33.7 Å². The van der Waals surface area contributed by atoms with Crippen LogP contribution < -0.4 is 0 Å². The predicted octanol–water partition coefficient (Wildman–Crippen LogP) is 1.88. The van der Waals surface area contributed by atoms with Gasteiger partial charge in [-0.2, -0.15) is 0 Å². The molecule has 1 saturated heterocycles. The van der Waals surface area contributed by atoms with Gasteiger partial charge in [0, 0.05) is 23.9 Å². The van der Waals surface area contributed by atoms with Crippen molar-refractivity contribution in [2.75, 3.05) is 41.3 Å². The lowest BCUT2D eigenvalue weighted by Crippen LogP contribution is -2.67. The summed E-state index contributed by atoms with van der Waals surface area (Å²) in [6.45, 7) is 12.1. The van der Waals surface area contributed by atoms with Crippen LogP contribution in [0.25, 0.3) is 0 Å². The molecule has 0 unspecified atom stereocenters. The Labute approximate surface area is 101 Å². The standard InChI is InChI=1S/C13H29N2.H2O/c1-12(2)9-14(5)10-13(3,4)11(12)15(6,7)8;/h11H,9-10H2,1-8H3;1H2/q+1;/p-1. The lowest BCUT2D eigenvalue weighted by atomic mass is 9.65. The summed E-state index contributed by atoms with van der Waals surface area (Å²) in [4.78, 5) is 2.48. The molecule has 0 atom stereocenters. The summed E-state index contributed by atoms with van der Waals surface area (Å²) in [7, 11) is 9.24. The number of piperidine rings is 1. The van der Waals surface area contributed by atoms with Gasteiger partial charge in [-0.15, -0.1) is 0 Å². The van der Waals surface area contributed by atoms with Gasteiger partial charge in [0.25, 0.3) is 0 Å². The lowest BCUT2D eigenvalue weighted by molar-refractivity contribution is -0.912. The van der Waals surface area contributed by atoms with E-state index in [2.05, 4.69) is 60.8 Å². The molecule has 0 saturated carbocycles. The third-order valence-electron chi connectivity index (χ3n) is 3.61. The van der Waals surface area contributed by atoms with Gasteiger partial charge >= 0.3 is 0 Å². The largest absolute Gasteiger partial charge is 0.870 e. The normalized spacial score (nSPS) is 26.2. The third kappa shape index (κ3) is 2.96. The average Bonchev–Trinajstić information content (AvgIpc) is 1.71. The Hall–Kier alpha value is -0.120. The molecule has 1 rings (SSSR count). The summed E-state index contributed by atoms with van der Waals surface area (Å²) in [6.07, 6.45) is 0. The van der Waals surface area contributed by atoms with Gasteiger partial charge in [0.2, 0.25) is 0 Å². The van der Waals surface area contributed by atoms with E-state index in [0.29, 0.717) is 16.9 Å². The molecule has 0 radical (unpaired) electrons. The van der Waals surface area contributed by atoms with E-state index in [-0.39, 0.29) is 5.48 Å². The zero-order valence-corrected chi connectivity index (χ0v) is 12.3. The molecule has 0 aliphatic carbocycles. The van der Waals surface area contributed by atoms with Crippen LogP contribution in [0.4, 0.5) is 0 Å². The highest BCUT2D eigenvalue weighted by atomic mass is 16.0. The summed E-state index contributed by atoms with van der Waals surface area (Å²) >= 11 is 0. The molecule has 3 nitrogen and oxygen atoms in total. The van der Waals surface area contributed by atoms with Gasteiger partial charge in [0.1, 0.15) is 6.04 Å². The van der Waals surface area contributed by atoms with E-state index >= 15 is 0 Å². The first kappa shape index (κ1) is 15.9. The molecule has 0 amide bonds. The SMILES string of the molecule is CN1CC(C)(C)C([N+](C)(C)C)C(C)(C)C1.[OH-]. The first-order valence-corrected chi connectivity index (χ1v) is 5.96. The van der Waals surface area contributed by atoms with Crippen LogP contribution in [0.2, 0.25) is 0 Å². The van der Waals surface area contributed by atoms with Crippen molar-refractivity contribution >= 4 is 0 Å². The first-order valence-electron chi connectivity index (χ1n) is 5.96. The van der Waals surface area contributed by atoms with Gasteiger partial charge in [-0.05, 0) is 7.05 Å². The maximum absolute atomic E-state index is 2.48. The molecule has 0 bridgehead atoms. The first-order chi connectivity index (χ1) is 6.47. The highest BCUT2D eigenvalue weighted by molar-refractivity contribution is 4.97. The Morgan fingerprint density at radius 2 is 1.25 bits per heavy atom. The zero-order chi connectivity index (χ0) is 12.1. The minimum Gasteiger partial charge on any atom is -0.870 e. The second-order valence-electron chi connectivity index (χ2n) is 7.67. The maximum Gasteiger partial charge on any atom is 0.101 e. The number of hydrogen-bond acceptors (Lipinski definition) is 2. The Kier molecular flexibility index (Phi) is 4.25. The second kappa shape index (κ2) is 4.28. The Morgan fingerprint density at radius 1 is 0.938 bits per heavy atom. The summed E-state index contributed by atoms with van der Waals surface area (Å²) in [5.74, 6) is 0. The molecule has 1 N–H and O–H groups in total. The Bertz CT molecular complexity index is 223. The third-order valence-corrected chi connectivity index (χ3v) is 3.61. The van der Waals surface area contributed by atoms with E-state index in [9.17, 15) is 0 Å². The summed E-state index contributed by atoms with van der Waals surface area (Å²) in [6, 6.07) is 0.709. The van der Waals surface area contributed by atoms with Gasteiger partial charge in [-0.1, -0.05) is 27.7 Å². The molecule has 1 aliphatic heterocycles. The summed E-state index contributed by atoms with van der Waals surface area (Å²) < 4.78 is 1.06. The highest BCUT2D eigenvalue weighted by Gasteiger charge is 2.52. The van der Waals surface area contributed by atoms with Gasteiger partial charge in [0.05, 0.1) is 21.1 Å². The molecule has 0 aromatic rings. The van der Waals surface area contributed by atoms with Crippen LogP contribution in [0.15, 0.2) is 0 Å². The minimum absolute atomic E-state index is 0. The Balaban J connectivity index is 0.00000225. The maximum atomic E-state index is 2.48. The smallest absolute Gasteiger partial charge is 0.101 e. The van der Waals surface area contributed by atoms with Crippen LogP contribution in [0.5, 0.6) is 0 Å². The quantitative estimate of drug-likeness (QED) is 0.644. The van der Waals surface area contributed by atoms with Gasteiger partial charge in [-0.3, -0.25) is 0 Å². The van der Waals surface area contributed by atoms with E-state index in [1.807, 2.05) is 0 Å². The summed E-state index contributed by atoms with van der Waals surface area (Å²) in [5, 5.41) is 0. The van der Waals surface area contributed by atoms with Crippen LogP contribution in [0, 0.1) is 10.8 Å². The topological polar surface area (TPSA) is 33.2 Å². The molecular formula is C13H30N2O. The van der Waals surface area contributed by atoms with Crippen molar-refractivity contribution in [1.82, 2.24) is 4.90 Å². The number of rotatable bonds is 1. The lowest BCUT2D eigenvalue weighted by Gasteiger charge is -2.56. The summed E-state index contributed by atoms with van der Waals surface area (Å²) in [5.41, 5.74) is 0.767. The van der Waals surface area contributed by atoms with Gasteiger partial charge in [0.15, 0.2) is 0 Å². The number of nitrogens with zero attached hydrogens (tertiary/aromatic N) is 2. The van der Waals surface area contributed by atoms with E-state index in [1.165, 1.54) is 13.1 Å². The molecule has 16 heavy (non-hydrogen) atoms. The fraction of sp³-hybridized carbons (Fsp3) is 1.00. The second-order valence-corrected chi connectivity index (χ2v) is 7.67. The number of likely N-dealkylation sites (tertiary alicyclic amines) is 1. The molecule has 1 fully saturated rings. The minimum atomic E-state index is 0. The van der Waals surface area contributed by atoms with Gasteiger partial charge in [-0.25, -0.2) is 0 Å². The predicted molar refractivity (Wildman–Crippen MR) is 68.8 cm³/mol. The van der Waals surface area contributed by atoms with Crippen molar-refractivity contribution in [3.63, 3.8) is 0 Å². The Morgan fingerprint density at radius 3 is 1.50 bits per heavy atom. The molecule has 0 aromatic heterocycles. The fourth-order valence-corrected chi connectivity index (χ4v) is 4.77. The molecule has 1 aliphatic rings. The number of hydrogen-bond donors (Lipinski definition) is 0. The van der Waals surface area contributed by atoms with Crippen LogP contribution >= 0.6 is 0 Å². The fourth-order valence-electron chi connectivity index (χ4n) is 4.77. The number of quaternary nitrogens is 1. The molecular weight excluding hydrogens is 200 g/mol. The van der Waals surface area contributed by atoms with Crippen LogP contribution in [-0.4, -0.2) is 62.2 Å². The highest BCUT2D eigenvalue weighted by Crippen LogP contribution is 2.44. The van der Waals surface area contributed by atoms with Crippen molar-refractivity contribution in [2.24, 2.45) is 10.8 Å². The molecule has 0 aromatic carbocycles. The monoisotopic (exact) mass is 230 g/mol. The molecule has 1 heterocycles. The van der Waals surface area contributed by atoms with Gasteiger partial charge < -0.3 is 14.9 Å². The van der Waals surface area contributed by atoms with Crippen molar-refractivity contribution in [1.29, 1.82) is 0 Å². The van der Waals surface area contributed by atoms with Crippen LogP contribution in [0.3, 0.4) is 0 Å². The van der Waals surface area contributed by atoms with E-state index < -0.39 is 0 Å². The molecule has 98 valence electrons. The van der Waals surface area contributed by atoms with Crippen molar-refractivity contribution in [3.05, 3.63) is 0 Å². The van der Waals surface area contributed by atoms with Crippen molar-refractivity contribution < 1.29 is 9.96 Å². The van der Waals surface area contributed by atoms with E-state index in [1.54, 1.807) is 0 Å². The van der Waals surface area contributed by atoms with Crippen LogP contribution in [-0.2, 0) is 0 Å².